The monoisotopic (exact) mass is 209 g/mol. The zero-order valence-electron chi connectivity index (χ0n) is 9.11. The zero-order valence-corrected chi connectivity index (χ0v) is 9.11. The molecule has 1 atom stereocenters. The van der Waals surface area contributed by atoms with Crippen LogP contribution in [0.4, 0.5) is 4.79 Å². The molecule has 3 rings (SSSR count). The van der Waals surface area contributed by atoms with E-state index in [4.69, 9.17) is 0 Å². The summed E-state index contributed by atoms with van der Waals surface area (Å²) >= 11 is 0. The number of rotatable bonds is 1. The van der Waals surface area contributed by atoms with Crippen LogP contribution in [0.25, 0.3) is 0 Å². The van der Waals surface area contributed by atoms with Crippen LogP contribution in [-0.4, -0.2) is 54.1 Å². The second-order valence-electron chi connectivity index (χ2n) is 5.00. The summed E-state index contributed by atoms with van der Waals surface area (Å²) in [5.41, 5.74) is 0. The fourth-order valence-electron chi connectivity index (χ4n) is 2.67. The number of amides is 2. The summed E-state index contributed by atoms with van der Waals surface area (Å²) in [6.07, 6.45) is 4.93. The van der Waals surface area contributed by atoms with Crippen molar-refractivity contribution in [1.82, 2.24) is 15.1 Å². The first-order valence-electron chi connectivity index (χ1n) is 6.12. The van der Waals surface area contributed by atoms with Crippen LogP contribution in [0.15, 0.2) is 0 Å². The highest BCUT2D eigenvalue weighted by atomic mass is 16.2. The molecule has 0 aromatic heterocycles. The summed E-state index contributed by atoms with van der Waals surface area (Å²) < 4.78 is 0. The molecule has 15 heavy (non-hydrogen) atoms. The van der Waals surface area contributed by atoms with Crippen LogP contribution in [0.2, 0.25) is 0 Å². The molecule has 1 unspecified atom stereocenters. The molecule has 2 aliphatic heterocycles. The van der Waals surface area contributed by atoms with Crippen molar-refractivity contribution in [2.45, 2.75) is 37.8 Å². The quantitative estimate of drug-likeness (QED) is 0.688. The largest absolute Gasteiger partial charge is 0.335 e. The molecule has 3 aliphatic rings. The third-order valence-electron chi connectivity index (χ3n) is 3.78. The van der Waals surface area contributed by atoms with Gasteiger partial charge in [-0.15, -0.1) is 0 Å². The molecule has 0 aromatic carbocycles. The Morgan fingerprint density at radius 3 is 2.80 bits per heavy atom. The third-order valence-corrected chi connectivity index (χ3v) is 3.78. The lowest BCUT2D eigenvalue weighted by atomic mass is 10.2. The van der Waals surface area contributed by atoms with E-state index in [1.165, 1.54) is 32.2 Å². The summed E-state index contributed by atoms with van der Waals surface area (Å²) in [6.45, 7) is 4.17. The van der Waals surface area contributed by atoms with E-state index in [2.05, 4.69) is 10.2 Å². The SMILES string of the molecule is O=C(NC1CC1)N1CCN2CCCC2C1. The summed E-state index contributed by atoms with van der Waals surface area (Å²) in [4.78, 5) is 16.4. The molecule has 2 heterocycles. The van der Waals surface area contributed by atoms with Gasteiger partial charge in [-0.25, -0.2) is 4.79 Å². The molecular formula is C11H19N3O. The lowest BCUT2D eigenvalue weighted by Gasteiger charge is -2.37. The average Bonchev–Trinajstić information content (AvgIpc) is 2.94. The van der Waals surface area contributed by atoms with Gasteiger partial charge in [0.05, 0.1) is 0 Å². The van der Waals surface area contributed by atoms with E-state index in [-0.39, 0.29) is 6.03 Å². The number of hydrogen-bond donors (Lipinski definition) is 1. The lowest BCUT2D eigenvalue weighted by molar-refractivity contribution is 0.117. The molecule has 1 N–H and O–H groups in total. The third kappa shape index (κ3) is 1.95. The number of carbonyl (C=O) groups excluding carboxylic acids is 1. The minimum absolute atomic E-state index is 0.170. The van der Waals surface area contributed by atoms with E-state index >= 15 is 0 Å². The van der Waals surface area contributed by atoms with Crippen LogP contribution in [0.1, 0.15) is 25.7 Å². The first kappa shape index (κ1) is 9.46. The maximum absolute atomic E-state index is 11.8. The van der Waals surface area contributed by atoms with Gasteiger partial charge in [0.1, 0.15) is 0 Å². The Hall–Kier alpha value is -0.770. The minimum Gasteiger partial charge on any atom is -0.335 e. The first-order chi connectivity index (χ1) is 7.33. The van der Waals surface area contributed by atoms with Crippen LogP contribution in [0.3, 0.4) is 0 Å². The molecule has 0 spiro atoms. The molecule has 1 saturated carbocycles. The van der Waals surface area contributed by atoms with E-state index in [9.17, 15) is 4.79 Å². The van der Waals surface area contributed by atoms with E-state index in [0.29, 0.717) is 12.1 Å². The lowest BCUT2D eigenvalue weighted by Crippen LogP contribution is -2.54. The summed E-state index contributed by atoms with van der Waals surface area (Å²) in [7, 11) is 0. The Bertz CT molecular complexity index is 265. The van der Waals surface area contributed by atoms with Gasteiger partial charge in [0.25, 0.3) is 0 Å². The molecule has 4 heteroatoms. The number of nitrogens with zero attached hydrogens (tertiary/aromatic N) is 2. The predicted octanol–water partition coefficient (Wildman–Crippen LogP) is 0.638. The second-order valence-corrected chi connectivity index (χ2v) is 5.00. The van der Waals surface area contributed by atoms with Crippen molar-refractivity contribution < 1.29 is 4.79 Å². The van der Waals surface area contributed by atoms with Crippen molar-refractivity contribution in [3.05, 3.63) is 0 Å². The Labute approximate surface area is 90.6 Å². The molecule has 84 valence electrons. The van der Waals surface area contributed by atoms with Crippen LogP contribution in [-0.2, 0) is 0 Å². The minimum atomic E-state index is 0.170. The molecule has 0 aromatic rings. The fourth-order valence-corrected chi connectivity index (χ4v) is 2.67. The van der Waals surface area contributed by atoms with Crippen LogP contribution >= 0.6 is 0 Å². The molecule has 0 bridgehead atoms. The predicted molar refractivity (Wildman–Crippen MR) is 57.7 cm³/mol. The van der Waals surface area contributed by atoms with Crippen molar-refractivity contribution in [2.75, 3.05) is 26.2 Å². The van der Waals surface area contributed by atoms with Crippen molar-refractivity contribution >= 4 is 6.03 Å². The number of fused-ring (bicyclic) bond motifs is 1. The van der Waals surface area contributed by atoms with E-state index < -0.39 is 0 Å². The Morgan fingerprint density at radius 2 is 2.00 bits per heavy atom. The number of carbonyl (C=O) groups is 1. The van der Waals surface area contributed by atoms with Crippen LogP contribution in [0.5, 0.6) is 0 Å². The van der Waals surface area contributed by atoms with Gasteiger partial charge in [0.2, 0.25) is 0 Å². The number of piperazine rings is 1. The van der Waals surface area contributed by atoms with Crippen molar-refractivity contribution in [3.8, 4) is 0 Å². The van der Waals surface area contributed by atoms with Crippen LogP contribution < -0.4 is 5.32 Å². The number of nitrogens with one attached hydrogen (secondary N) is 1. The highest BCUT2D eigenvalue weighted by molar-refractivity contribution is 5.75. The maximum Gasteiger partial charge on any atom is 0.317 e. The standard InChI is InChI=1S/C11H19N3O/c15-11(12-9-3-4-9)14-7-6-13-5-1-2-10(13)8-14/h9-10H,1-8H2,(H,12,15). The summed E-state index contributed by atoms with van der Waals surface area (Å²) in [5, 5.41) is 3.07. The van der Waals surface area contributed by atoms with Crippen molar-refractivity contribution in [2.24, 2.45) is 0 Å². The van der Waals surface area contributed by atoms with E-state index in [0.717, 1.165) is 19.6 Å². The first-order valence-corrected chi connectivity index (χ1v) is 6.12. The molecule has 2 saturated heterocycles. The van der Waals surface area contributed by atoms with Crippen LogP contribution in [0, 0.1) is 0 Å². The van der Waals surface area contributed by atoms with Crippen molar-refractivity contribution in [1.29, 1.82) is 0 Å². The number of hydrogen-bond acceptors (Lipinski definition) is 2. The molecule has 4 nitrogen and oxygen atoms in total. The number of urea groups is 1. The van der Waals surface area contributed by atoms with Gasteiger partial charge < -0.3 is 10.2 Å². The molecular weight excluding hydrogens is 190 g/mol. The smallest absolute Gasteiger partial charge is 0.317 e. The molecule has 1 aliphatic carbocycles. The molecule has 0 radical (unpaired) electrons. The second kappa shape index (κ2) is 3.67. The van der Waals surface area contributed by atoms with E-state index in [1.54, 1.807) is 0 Å². The van der Waals surface area contributed by atoms with Gasteiger partial charge in [0.15, 0.2) is 0 Å². The van der Waals surface area contributed by atoms with Crippen molar-refractivity contribution in [3.63, 3.8) is 0 Å². The summed E-state index contributed by atoms with van der Waals surface area (Å²) in [5.74, 6) is 0. The van der Waals surface area contributed by atoms with Gasteiger partial charge in [-0.3, -0.25) is 4.90 Å². The Balaban J connectivity index is 1.55. The van der Waals surface area contributed by atoms with Gasteiger partial charge in [-0.2, -0.15) is 0 Å². The normalized spacial score (nSPS) is 31.5. The highest BCUT2D eigenvalue weighted by Gasteiger charge is 2.34. The molecule has 2 amide bonds. The van der Waals surface area contributed by atoms with Gasteiger partial charge in [-0.05, 0) is 32.2 Å². The Morgan fingerprint density at radius 1 is 1.13 bits per heavy atom. The van der Waals surface area contributed by atoms with Gasteiger partial charge in [0, 0.05) is 31.7 Å². The van der Waals surface area contributed by atoms with Gasteiger partial charge in [-0.1, -0.05) is 0 Å². The molecule has 3 fully saturated rings. The fraction of sp³-hybridized carbons (Fsp3) is 0.909. The topological polar surface area (TPSA) is 35.6 Å². The Kier molecular flexibility index (Phi) is 2.31. The highest BCUT2D eigenvalue weighted by Crippen LogP contribution is 2.23. The maximum atomic E-state index is 11.8. The average molecular weight is 209 g/mol. The van der Waals surface area contributed by atoms with Gasteiger partial charge >= 0.3 is 6.03 Å². The van der Waals surface area contributed by atoms with E-state index in [1.807, 2.05) is 4.90 Å². The zero-order chi connectivity index (χ0) is 10.3. The summed E-state index contributed by atoms with van der Waals surface area (Å²) in [6, 6.07) is 1.30.